The second-order valence-electron chi connectivity index (χ2n) is 7.94. The fourth-order valence-corrected chi connectivity index (χ4v) is 3.43. The Morgan fingerprint density at radius 1 is 1.03 bits per heavy atom. The topological polar surface area (TPSA) is 151 Å². The zero-order valence-electron chi connectivity index (χ0n) is 18.8. The molecule has 1 rings (SSSR count). The fraction of sp³-hybridized carbons (Fsp3) is 0.545. The predicted octanol–water partition coefficient (Wildman–Crippen LogP) is 0.526. The van der Waals surface area contributed by atoms with Gasteiger partial charge in [0.05, 0.1) is 12.6 Å². The normalized spacial score (nSPS) is 13.7. The van der Waals surface area contributed by atoms with Crippen molar-refractivity contribution in [1.29, 1.82) is 0 Å². The molecule has 0 aliphatic rings. The smallest absolute Gasteiger partial charge is 0.326 e. The largest absolute Gasteiger partial charge is 0.480 e. The molecule has 0 aliphatic carbocycles. The number of aliphatic carboxylic acids is 1. The summed E-state index contributed by atoms with van der Waals surface area (Å²) in [7, 11) is 0. The summed E-state index contributed by atoms with van der Waals surface area (Å²) >= 11 is 1.57. The van der Waals surface area contributed by atoms with Gasteiger partial charge in [0.15, 0.2) is 0 Å². The van der Waals surface area contributed by atoms with E-state index in [1.165, 1.54) is 0 Å². The standard InChI is InChI=1S/C22H34N4O5S/c1-14(2)11-18(22(30)31)26-21(29)17(12-15-7-5-4-6-8-15)25-19(27)13-24-20(28)16(23)9-10-32-3/h4-8,14,16-18H,9-13,23H2,1-3H3,(H,24,28)(H,25,27)(H,26,29)(H,30,31). The third-order valence-electron chi connectivity index (χ3n) is 4.65. The molecular weight excluding hydrogens is 432 g/mol. The molecule has 1 aromatic rings. The number of carboxylic acids is 1. The van der Waals surface area contributed by atoms with Crippen LogP contribution in [0.1, 0.15) is 32.3 Å². The van der Waals surface area contributed by atoms with Crippen molar-refractivity contribution < 1.29 is 24.3 Å². The van der Waals surface area contributed by atoms with Crippen LogP contribution in [0.15, 0.2) is 30.3 Å². The van der Waals surface area contributed by atoms with Crippen molar-refractivity contribution in [3.63, 3.8) is 0 Å². The maximum atomic E-state index is 12.8. The van der Waals surface area contributed by atoms with Crippen molar-refractivity contribution >= 4 is 35.5 Å². The lowest BCUT2D eigenvalue weighted by Crippen LogP contribution is -2.54. The number of nitrogens with two attached hydrogens (primary N) is 1. The van der Waals surface area contributed by atoms with Crippen molar-refractivity contribution in [3.8, 4) is 0 Å². The van der Waals surface area contributed by atoms with Crippen LogP contribution >= 0.6 is 11.8 Å². The van der Waals surface area contributed by atoms with Crippen molar-refractivity contribution in [1.82, 2.24) is 16.0 Å². The Balaban J connectivity index is 2.80. The van der Waals surface area contributed by atoms with E-state index in [1.54, 1.807) is 23.9 Å². The number of carbonyl (C=O) groups excluding carboxylic acids is 3. The highest BCUT2D eigenvalue weighted by atomic mass is 32.2. The Morgan fingerprint density at radius 3 is 2.25 bits per heavy atom. The zero-order chi connectivity index (χ0) is 24.1. The summed E-state index contributed by atoms with van der Waals surface area (Å²) < 4.78 is 0. The van der Waals surface area contributed by atoms with Gasteiger partial charge in [0.1, 0.15) is 12.1 Å². The Bertz CT molecular complexity index is 760. The van der Waals surface area contributed by atoms with Gasteiger partial charge in [-0.05, 0) is 36.3 Å². The third kappa shape index (κ3) is 10.6. The van der Waals surface area contributed by atoms with E-state index in [1.807, 2.05) is 38.3 Å². The van der Waals surface area contributed by atoms with Crippen LogP contribution in [-0.2, 0) is 25.6 Å². The molecular formula is C22H34N4O5S. The average Bonchev–Trinajstić information content (AvgIpc) is 2.75. The highest BCUT2D eigenvalue weighted by Crippen LogP contribution is 2.08. The molecule has 9 nitrogen and oxygen atoms in total. The van der Waals surface area contributed by atoms with Gasteiger partial charge in [-0.3, -0.25) is 14.4 Å². The van der Waals surface area contributed by atoms with E-state index in [4.69, 9.17) is 5.73 Å². The van der Waals surface area contributed by atoms with Gasteiger partial charge in [0.25, 0.3) is 0 Å². The van der Waals surface area contributed by atoms with Crippen LogP contribution in [0.5, 0.6) is 0 Å². The van der Waals surface area contributed by atoms with Crippen LogP contribution in [0, 0.1) is 5.92 Å². The predicted molar refractivity (Wildman–Crippen MR) is 125 cm³/mol. The number of hydrogen-bond donors (Lipinski definition) is 5. The first kappa shape index (κ1) is 27.4. The number of carbonyl (C=O) groups is 4. The second kappa shape index (κ2) is 14.5. The molecule has 32 heavy (non-hydrogen) atoms. The van der Waals surface area contributed by atoms with Gasteiger partial charge in [-0.25, -0.2) is 4.79 Å². The van der Waals surface area contributed by atoms with Crippen LogP contribution in [-0.4, -0.2) is 65.5 Å². The van der Waals surface area contributed by atoms with Crippen LogP contribution in [0.25, 0.3) is 0 Å². The molecule has 178 valence electrons. The fourth-order valence-electron chi connectivity index (χ4n) is 2.94. The zero-order valence-corrected chi connectivity index (χ0v) is 19.6. The Labute approximate surface area is 193 Å². The quantitative estimate of drug-likeness (QED) is 0.268. The van der Waals surface area contributed by atoms with Gasteiger partial charge in [-0.15, -0.1) is 0 Å². The molecule has 0 spiro atoms. The van der Waals surface area contributed by atoms with E-state index in [-0.39, 0.29) is 25.3 Å². The molecule has 0 fully saturated rings. The minimum atomic E-state index is -1.14. The highest BCUT2D eigenvalue weighted by molar-refractivity contribution is 7.98. The molecule has 0 radical (unpaired) electrons. The molecule has 0 aliphatic heterocycles. The van der Waals surface area contributed by atoms with E-state index >= 15 is 0 Å². The number of thioether (sulfide) groups is 1. The summed E-state index contributed by atoms with van der Waals surface area (Å²) in [4.78, 5) is 48.8. The lowest BCUT2D eigenvalue weighted by Gasteiger charge is -2.23. The maximum absolute atomic E-state index is 12.8. The number of rotatable bonds is 14. The van der Waals surface area contributed by atoms with Gasteiger partial charge < -0.3 is 26.8 Å². The first-order valence-electron chi connectivity index (χ1n) is 10.5. The SMILES string of the molecule is CSCCC(N)C(=O)NCC(=O)NC(Cc1ccccc1)C(=O)NC(CC(C)C)C(=O)O. The average molecular weight is 467 g/mol. The molecule has 0 saturated carbocycles. The van der Waals surface area contributed by atoms with E-state index in [0.717, 1.165) is 11.3 Å². The van der Waals surface area contributed by atoms with Crippen LogP contribution in [0.4, 0.5) is 0 Å². The number of carboxylic acid groups (broad SMARTS) is 1. The number of amides is 3. The third-order valence-corrected chi connectivity index (χ3v) is 5.29. The molecule has 0 aromatic heterocycles. The molecule has 3 atom stereocenters. The molecule has 0 saturated heterocycles. The summed E-state index contributed by atoms with van der Waals surface area (Å²) in [5.74, 6) is -1.96. The Hall–Kier alpha value is -2.59. The lowest BCUT2D eigenvalue weighted by atomic mass is 10.0. The van der Waals surface area contributed by atoms with Gasteiger partial charge in [0, 0.05) is 6.42 Å². The molecule has 0 bridgehead atoms. The number of benzene rings is 1. The summed E-state index contributed by atoms with van der Waals surface area (Å²) in [5.41, 5.74) is 6.59. The first-order valence-corrected chi connectivity index (χ1v) is 11.9. The highest BCUT2D eigenvalue weighted by Gasteiger charge is 2.27. The van der Waals surface area contributed by atoms with Gasteiger partial charge in [-0.2, -0.15) is 11.8 Å². The molecule has 1 aromatic carbocycles. The van der Waals surface area contributed by atoms with Crippen molar-refractivity contribution in [2.75, 3.05) is 18.6 Å². The summed E-state index contributed by atoms with van der Waals surface area (Å²) in [6.45, 7) is 3.38. The van der Waals surface area contributed by atoms with E-state index in [9.17, 15) is 24.3 Å². The monoisotopic (exact) mass is 466 g/mol. The second-order valence-corrected chi connectivity index (χ2v) is 8.93. The molecule has 6 N–H and O–H groups in total. The Morgan fingerprint density at radius 2 is 1.69 bits per heavy atom. The summed E-state index contributed by atoms with van der Waals surface area (Å²) in [6.07, 6.45) is 2.83. The summed E-state index contributed by atoms with van der Waals surface area (Å²) in [6, 6.07) is 6.28. The van der Waals surface area contributed by atoms with E-state index < -0.39 is 41.8 Å². The van der Waals surface area contributed by atoms with E-state index in [2.05, 4.69) is 16.0 Å². The van der Waals surface area contributed by atoms with Crippen LogP contribution in [0.3, 0.4) is 0 Å². The summed E-state index contributed by atoms with van der Waals surface area (Å²) in [5, 5.41) is 17.0. The van der Waals surface area contributed by atoms with Gasteiger partial charge in [0.2, 0.25) is 17.7 Å². The van der Waals surface area contributed by atoms with E-state index in [0.29, 0.717) is 6.42 Å². The van der Waals surface area contributed by atoms with Crippen molar-refractivity contribution in [2.45, 2.75) is 51.2 Å². The molecule has 10 heteroatoms. The van der Waals surface area contributed by atoms with Crippen molar-refractivity contribution in [2.24, 2.45) is 11.7 Å². The minimum absolute atomic E-state index is 0.0593. The van der Waals surface area contributed by atoms with Gasteiger partial charge >= 0.3 is 5.97 Å². The molecule has 3 amide bonds. The maximum Gasteiger partial charge on any atom is 0.326 e. The molecule has 3 unspecified atom stereocenters. The van der Waals surface area contributed by atoms with Gasteiger partial charge in [-0.1, -0.05) is 44.2 Å². The minimum Gasteiger partial charge on any atom is -0.480 e. The first-order chi connectivity index (χ1) is 15.1. The van der Waals surface area contributed by atoms with Crippen LogP contribution < -0.4 is 21.7 Å². The molecule has 0 heterocycles. The van der Waals surface area contributed by atoms with Crippen LogP contribution in [0.2, 0.25) is 0 Å². The Kier molecular flexibility index (Phi) is 12.4. The lowest BCUT2D eigenvalue weighted by molar-refractivity contribution is -0.142. The van der Waals surface area contributed by atoms with Crippen molar-refractivity contribution in [3.05, 3.63) is 35.9 Å². The number of nitrogens with one attached hydrogen (secondary N) is 3. The number of hydrogen-bond acceptors (Lipinski definition) is 6.